The van der Waals surface area contributed by atoms with Crippen LogP contribution in [0.25, 0.3) is 22.2 Å². The van der Waals surface area contributed by atoms with Gasteiger partial charge in [-0.25, -0.2) is 18.2 Å². The molecule has 0 saturated heterocycles. The van der Waals surface area contributed by atoms with E-state index in [2.05, 4.69) is 14.9 Å². The van der Waals surface area contributed by atoms with Crippen molar-refractivity contribution >= 4 is 38.2 Å². The van der Waals surface area contributed by atoms with Gasteiger partial charge in [0.15, 0.2) is 9.84 Å². The molecule has 1 amide bonds. The van der Waals surface area contributed by atoms with Crippen molar-refractivity contribution in [3.8, 4) is 11.3 Å². The summed E-state index contributed by atoms with van der Waals surface area (Å²) in [4.78, 5) is 16.2. The molecule has 2 heterocycles. The maximum absolute atomic E-state index is 13.2. The number of nitrogens with zero attached hydrogens (tertiary/aromatic N) is 3. The lowest BCUT2D eigenvalue weighted by atomic mass is 9.92. The maximum atomic E-state index is 13.2. The summed E-state index contributed by atoms with van der Waals surface area (Å²) in [5, 5.41) is 3.56. The average molecular weight is 522 g/mol. The molecule has 3 N–H and O–H groups in total. The fourth-order valence-electron chi connectivity index (χ4n) is 4.66. The molecule has 0 bridgehead atoms. The predicted octanol–water partition coefficient (Wildman–Crippen LogP) is 5.24. The highest BCUT2D eigenvalue weighted by Gasteiger charge is 2.28. The first-order valence-electron chi connectivity index (χ1n) is 12.4. The van der Waals surface area contributed by atoms with Gasteiger partial charge < -0.3 is 19.6 Å². The van der Waals surface area contributed by atoms with Crippen molar-refractivity contribution in [2.75, 3.05) is 16.8 Å². The van der Waals surface area contributed by atoms with E-state index < -0.39 is 15.9 Å². The molecule has 1 aliphatic carbocycles. The average Bonchev–Trinajstić information content (AvgIpc) is 3.44. The number of hydrogen-bond donors (Lipinski definition) is 2. The fraction of sp³-hybridized carbons (Fsp3) is 0.333. The van der Waals surface area contributed by atoms with E-state index in [0.717, 1.165) is 41.4 Å². The van der Waals surface area contributed by atoms with Crippen molar-refractivity contribution in [3.05, 3.63) is 61.2 Å². The first-order valence-corrected chi connectivity index (χ1v) is 14.1. The van der Waals surface area contributed by atoms with E-state index in [-0.39, 0.29) is 22.8 Å². The Kier molecular flexibility index (Phi) is 6.68. The minimum Gasteiger partial charge on any atom is -0.447 e. The molecule has 5 rings (SSSR count). The zero-order chi connectivity index (χ0) is 26.2. The molecule has 1 fully saturated rings. The molecule has 2 aromatic carbocycles. The second kappa shape index (κ2) is 9.93. The van der Waals surface area contributed by atoms with Crippen LogP contribution in [0.15, 0.2) is 66.1 Å². The summed E-state index contributed by atoms with van der Waals surface area (Å²) in [6.07, 6.45) is 7.41. The van der Waals surface area contributed by atoms with E-state index in [9.17, 15) is 13.2 Å². The predicted molar refractivity (Wildman–Crippen MR) is 144 cm³/mol. The number of amides is 1. The molecule has 0 atom stereocenters. The van der Waals surface area contributed by atoms with E-state index in [1.54, 1.807) is 49.3 Å². The van der Waals surface area contributed by atoms with Crippen LogP contribution in [0.5, 0.6) is 0 Å². The molecule has 2 aromatic heterocycles. The zero-order valence-corrected chi connectivity index (χ0v) is 21.7. The number of imidazole rings is 1. The van der Waals surface area contributed by atoms with Crippen LogP contribution in [-0.4, -0.2) is 40.5 Å². The maximum Gasteiger partial charge on any atom is 0.411 e. The van der Waals surface area contributed by atoms with Gasteiger partial charge in [-0.1, -0.05) is 12.1 Å². The number of carbonyl (C=O) groups excluding carboxylic acids is 1. The van der Waals surface area contributed by atoms with Crippen LogP contribution in [0, 0.1) is 0 Å². The van der Waals surface area contributed by atoms with Gasteiger partial charge >= 0.3 is 6.09 Å². The van der Waals surface area contributed by atoms with E-state index in [1.807, 2.05) is 30.3 Å². The quantitative estimate of drug-likeness (QED) is 0.327. The van der Waals surface area contributed by atoms with Crippen molar-refractivity contribution in [1.82, 2.24) is 14.1 Å². The van der Waals surface area contributed by atoms with Gasteiger partial charge in [0, 0.05) is 41.6 Å². The van der Waals surface area contributed by atoms with Crippen LogP contribution >= 0.6 is 0 Å². The number of ether oxygens (including phenoxy) is 1. The van der Waals surface area contributed by atoms with Gasteiger partial charge in [0.05, 0.1) is 40.0 Å². The highest BCUT2D eigenvalue weighted by atomic mass is 32.2. The second-order valence-electron chi connectivity index (χ2n) is 9.67. The van der Waals surface area contributed by atoms with Crippen molar-refractivity contribution in [2.45, 2.75) is 56.7 Å². The number of aromatic nitrogens is 3. The van der Waals surface area contributed by atoms with Crippen LogP contribution in [0.1, 0.15) is 39.2 Å². The third-order valence-electron chi connectivity index (χ3n) is 6.74. The molecular weight excluding hydrogens is 490 g/mol. The second-order valence-corrected chi connectivity index (χ2v) is 11.8. The molecule has 0 aliphatic heterocycles. The normalized spacial score (nSPS) is 14.1. The summed E-state index contributed by atoms with van der Waals surface area (Å²) in [6.45, 7) is 3.92. The summed E-state index contributed by atoms with van der Waals surface area (Å²) < 4.78 is 35.4. The molecular formula is C27H31N5O4S. The number of rotatable bonds is 8. The molecule has 1 aliphatic rings. The Balaban J connectivity index is 1.50. The molecule has 0 unspecified atom stereocenters. The van der Waals surface area contributed by atoms with E-state index in [0.29, 0.717) is 17.9 Å². The van der Waals surface area contributed by atoms with E-state index in [4.69, 9.17) is 10.5 Å². The first-order chi connectivity index (χ1) is 17.7. The number of nitrogens with two attached hydrogens (primary N) is 1. The van der Waals surface area contributed by atoms with Crippen LogP contribution in [-0.2, 0) is 21.1 Å². The Hall–Kier alpha value is -3.79. The fourth-order valence-corrected chi connectivity index (χ4v) is 5.92. The van der Waals surface area contributed by atoms with Gasteiger partial charge in [-0.15, -0.1) is 0 Å². The van der Waals surface area contributed by atoms with Gasteiger partial charge in [0.2, 0.25) is 0 Å². The smallest absolute Gasteiger partial charge is 0.411 e. The highest BCUT2D eigenvalue weighted by Crippen LogP contribution is 2.44. The molecule has 4 aromatic rings. The molecule has 0 spiro atoms. The van der Waals surface area contributed by atoms with Gasteiger partial charge in [-0.2, -0.15) is 0 Å². The van der Waals surface area contributed by atoms with E-state index in [1.165, 1.54) is 0 Å². The van der Waals surface area contributed by atoms with Crippen LogP contribution in [0.3, 0.4) is 0 Å². The van der Waals surface area contributed by atoms with Crippen LogP contribution in [0.2, 0.25) is 0 Å². The number of sulfone groups is 1. The Labute approximate surface area is 216 Å². The standard InChI is InChI=1S/C27H31N5O4S/c1-18(2)36-27(33)30-20-8-6-19(7-9-20)26-25(28)23-11-10-22(16-24(23)32(26)21-4-3-5-21)37(34,35)15-14-31-13-12-29-17-31/h6-13,16-18,21H,3-5,14-15,28H2,1-2H3,(H,30,33). The number of fused-ring (bicyclic) bond motifs is 1. The topological polar surface area (TPSA) is 121 Å². The minimum atomic E-state index is -3.51. The molecule has 1 saturated carbocycles. The van der Waals surface area contributed by atoms with Crippen molar-refractivity contribution in [2.24, 2.45) is 0 Å². The van der Waals surface area contributed by atoms with Gasteiger partial charge in [0.1, 0.15) is 0 Å². The van der Waals surface area contributed by atoms with Crippen molar-refractivity contribution < 1.29 is 17.9 Å². The third kappa shape index (κ3) is 5.06. The number of nitrogen functional groups attached to an aromatic ring is 1. The zero-order valence-electron chi connectivity index (χ0n) is 20.9. The molecule has 194 valence electrons. The number of anilines is 2. The SMILES string of the molecule is CC(C)OC(=O)Nc1ccc(-c2c(N)c3ccc(S(=O)(=O)CCn4ccnc4)cc3n2C2CCC2)cc1. The lowest BCUT2D eigenvalue weighted by Gasteiger charge is -2.30. The lowest BCUT2D eigenvalue weighted by molar-refractivity contribution is 0.130. The summed E-state index contributed by atoms with van der Waals surface area (Å²) in [7, 11) is -3.51. The number of nitrogens with one attached hydrogen (secondary N) is 1. The van der Waals surface area contributed by atoms with Gasteiger partial charge in [-0.3, -0.25) is 5.32 Å². The molecule has 37 heavy (non-hydrogen) atoms. The Morgan fingerprint density at radius 1 is 1.19 bits per heavy atom. The highest BCUT2D eigenvalue weighted by molar-refractivity contribution is 7.91. The van der Waals surface area contributed by atoms with Crippen LogP contribution < -0.4 is 11.1 Å². The van der Waals surface area contributed by atoms with E-state index >= 15 is 0 Å². The first kappa shape index (κ1) is 24.9. The minimum absolute atomic E-state index is 0.0188. The molecule has 10 heteroatoms. The summed E-state index contributed by atoms with van der Waals surface area (Å²) in [5.74, 6) is -0.0188. The Morgan fingerprint density at radius 3 is 2.57 bits per heavy atom. The summed E-state index contributed by atoms with van der Waals surface area (Å²) in [6, 6.07) is 12.9. The van der Waals surface area contributed by atoms with Crippen molar-refractivity contribution in [3.63, 3.8) is 0 Å². The largest absolute Gasteiger partial charge is 0.447 e. The monoisotopic (exact) mass is 521 g/mol. The Morgan fingerprint density at radius 2 is 1.95 bits per heavy atom. The van der Waals surface area contributed by atoms with Gasteiger partial charge in [-0.05, 0) is 63.4 Å². The summed E-state index contributed by atoms with van der Waals surface area (Å²) in [5.41, 5.74) is 10.5. The Bertz CT molecular complexity index is 1520. The molecule has 9 nitrogen and oxygen atoms in total. The summed E-state index contributed by atoms with van der Waals surface area (Å²) >= 11 is 0. The number of aryl methyl sites for hydroxylation is 1. The van der Waals surface area contributed by atoms with Crippen LogP contribution in [0.4, 0.5) is 16.2 Å². The number of benzene rings is 2. The van der Waals surface area contributed by atoms with Gasteiger partial charge in [0.25, 0.3) is 0 Å². The number of carbonyl (C=O) groups is 1. The van der Waals surface area contributed by atoms with Crippen molar-refractivity contribution in [1.29, 1.82) is 0 Å². The third-order valence-corrected chi connectivity index (χ3v) is 8.43. The lowest BCUT2D eigenvalue weighted by Crippen LogP contribution is -2.18. The molecule has 0 radical (unpaired) electrons. The number of hydrogen-bond acceptors (Lipinski definition) is 6.